The zero-order valence-electron chi connectivity index (χ0n) is 13.6. The summed E-state index contributed by atoms with van der Waals surface area (Å²) in [5.74, 6) is 1.32. The Kier molecular flexibility index (Phi) is 5.15. The Balaban J connectivity index is 1.64. The van der Waals surface area contributed by atoms with Crippen molar-refractivity contribution in [2.24, 2.45) is 10.7 Å². The van der Waals surface area contributed by atoms with Crippen molar-refractivity contribution in [3.8, 4) is 5.75 Å². The van der Waals surface area contributed by atoms with Crippen molar-refractivity contribution in [3.05, 3.63) is 59.7 Å². The van der Waals surface area contributed by atoms with Crippen molar-refractivity contribution >= 4 is 16.8 Å². The van der Waals surface area contributed by atoms with E-state index in [1.807, 2.05) is 48.5 Å². The fourth-order valence-corrected chi connectivity index (χ4v) is 3.20. The van der Waals surface area contributed by atoms with Crippen molar-refractivity contribution in [1.29, 1.82) is 0 Å². The number of nitrogens with one attached hydrogen (secondary N) is 1. The summed E-state index contributed by atoms with van der Waals surface area (Å²) in [5, 5.41) is 3.27. The first-order chi connectivity index (χ1) is 11.6. The molecule has 126 valence electrons. The molecule has 0 fully saturated rings. The lowest BCUT2D eigenvalue weighted by atomic mass is 10.0. The number of guanidine groups is 1. The first-order valence-electron chi connectivity index (χ1n) is 7.84. The van der Waals surface area contributed by atoms with Gasteiger partial charge in [0.05, 0.1) is 19.2 Å². The number of benzene rings is 2. The zero-order chi connectivity index (χ0) is 16.9. The van der Waals surface area contributed by atoms with E-state index in [1.165, 1.54) is 0 Å². The molecule has 0 aliphatic carbocycles. The fourth-order valence-electron chi connectivity index (χ4n) is 2.68. The van der Waals surface area contributed by atoms with Crippen LogP contribution in [-0.2, 0) is 17.3 Å². The predicted molar refractivity (Wildman–Crippen MR) is 96.5 cm³/mol. The van der Waals surface area contributed by atoms with Crippen molar-refractivity contribution in [2.75, 3.05) is 12.9 Å². The third kappa shape index (κ3) is 3.94. The monoisotopic (exact) mass is 343 g/mol. The Morgan fingerprint density at radius 1 is 1.29 bits per heavy atom. The van der Waals surface area contributed by atoms with Crippen LogP contribution in [0.5, 0.6) is 5.75 Å². The molecule has 0 radical (unpaired) electrons. The molecule has 2 atom stereocenters. The van der Waals surface area contributed by atoms with Gasteiger partial charge in [0.25, 0.3) is 0 Å². The molecule has 3 N–H and O–H groups in total. The molecule has 24 heavy (non-hydrogen) atoms. The predicted octanol–water partition coefficient (Wildman–Crippen LogP) is 2.35. The van der Waals surface area contributed by atoms with E-state index in [2.05, 4.69) is 10.3 Å². The molecule has 3 rings (SSSR count). The largest absolute Gasteiger partial charge is 0.493 e. The Labute approximate surface area is 144 Å². The van der Waals surface area contributed by atoms with Gasteiger partial charge >= 0.3 is 0 Å². The fraction of sp³-hybridized carbons (Fsp3) is 0.278. The van der Waals surface area contributed by atoms with Crippen LogP contribution in [0, 0.1) is 0 Å². The van der Waals surface area contributed by atoms with Crippen molar-refractivity contribution < 1.29 is 8.95 Å². The minimum atomic E-state index is -0.961. The summed E-state index contributed by atoms with van der Waals surface area (Å²) < 4.78 is 17.0. The topological polar surface area (TPSA) is 76.7 Å². The molecule has 1 heterocycles. The van der Waals surface area contributed by atoms with Gasteiger partial charge in [-0.05, 0) is 23.8 Å². The number of ether oxygens (including phenoxy) is 1. The van der Waals surface area contributed by atoms with E-state index in [-0.39, 0.29) is 6.04 Å². The highest BCUT2D eigenvalue weighted by molar-refractivity contribution is 7.84. The molecule has 6 heteroatoms. The van der Waals surface area contributed by atoms with Crippen molar-refractivity contribution in [3.63, 3.8) is 0 Å². The van der Waals surface area contributed by atoms with Crippen molar-refractivity contribution in [2.45, 2.75) is 23.9 Å². The van der Waals surface area contributed by atoms with E-state index in [0.29, 0.717) is 19.1 Å². The maximum atomic E-state index is 11.4. The van der Waals surface area contributed by atoms with Gasteiger partial charge in [0.1, 0.15) is 5.75 Å². The summed E-state index contributed by atoms with van der Waals surface area (Å²) in [6.07, 6.45) is 2.52. The molecule has 0 bridgehead atoms. The highest BCUT2D eigenvalue weighted by Crippen LogP contribution is 2.31. The maximum absolute atomic E-state index is 11.4. The van der Waals surface area contributed by atoms with Gasteiger partial charge in [-0.3, -0.25) is 4.21 Å². The second kappa shape index (κ2) is 7.49. The lowest BCUT2D eigenvalue weighted by Crippen LogP contribution is -2.37. The molecule has 0 amide bonds. The third-order valence-electron chi connectivity index (χ3n) is 3.97. The van der Waals surface area contributed by atoms with Gasteiger partial charge < -0.3 is 15.8 Å². The second-order valence-corrected chi connectivity index (χ2v) is 7.05. The van der Waals surface area contributed by atoms with E-state index in [4.69, 9.17) is 10.5 Å². The van der Waals surface area contributed by atoms with Gasteiger partial charge in [0, 0.05) is 33.9 Å². The van der Waals surface area contributed by atoms with Crippen LogP contribution in [-0.4, -0.2) is 23.0 Å². The minimum absolute atomic E-state index is 0.114. The Bertz CT molecular complexity index is 759. The molecule has 0 saturated carbocycles. The minimum Gasteiger partial charge on any atom is -0.493 e. The van der Waals surface area contributed by atoms with E-state index < -0.39 is 10.8 Å². The lowest BCUT2D eigenvalue weighted by Gasteiger charge is -2.26. The summed E-state index contributed by atoms with van der Waals surface area (Å²) in [5.41, 5.74) is 8.17. The van der Waals surface area contributed by atoms with Gasteiger partial charge in [0.2, 0.25) is 0 Å². The molecule has 0 spiro atoms. The van der Waals surface area contributed by atoms with Crippen LogP contribution < -0.4 is 15.8 Å². The molecule has 0 aromatic heterocycles. The maximum Gasteiger partial charge on any atom is 0.189 e. The standard InChI is InChI=1S/C18H21N3O2S/c1-24(22)14-8-6-13(7-9-14)12-20-18(19)21-16-10-11-23-17-5-3-2-4-15(16)17/h2-9,16H,10-12H2,1H3,(H3,19,20,21). The molecule has 5 nitrogen and oxygen atoms in total. The SMILES string of the molecule is CS(=O)c1ccc(CN=C(N)NC2CCOc3ccccc32)cc1. The molecule has 1 aliphatic rings. The quantitative estimate of drug-likeness (QED) is 0.660. The molecule has 2 unspecified atom stereocenters. The van der Waals surface area contributed by atoms with Gasteiger partial charge in [-0.1, -0.05) is 30.3 Å². The zero-order valence-corrected chi connectivity index (χ0v) is 14.4. The van der Waals surface area contributed by atoms with Crippen LogP contribution in [0.15, 0.2) is 58.4 Å². The van der Waals surface area contributed by atoms with Crippen LogP contribution in [0.3, 0.4) is 0 Å². The Morgan fingerprint density at radius 3 is 2.79 bits per heavy atom. The van der Waals surface area contributed by atoms with Crippen LogP contribution in [0.25, 0.3) is 0 Å². The Morgan fingerprint density at radius 2 is 2.04 bits per heavy atom. The van der Waals surface area contributed by atoms with Crippen molar-refractivity contribution in [1.82, 2.24) is 5.32 Å². The third-order valence-corrected chi connectivity index (χ3v) is 4.90. The van der Waals surface area contributed by atoms with Gasteiger partial charge in [0.15, 0.2) is 5.96 Å². The van der Waals surface area contributed by atoms with E-state index in [0.717, 1.165) is 28.2 Å². The van der Waals surface area contributed by atoms with E-state index in [9.17, 15) is 4.21 Å². The van der Waals surface area contributed by atoms with Crippen LogP contribution >= 0.6 is 0 Å². The number of hydrogen-bond donors (Lipinski definition) is 2. The molecule has 2 aromatic rings. The summed E-state index contributed by atoms with van der Waals surface area (Å²) in [6.45, 7) is 1.15. The smallest absolute Gasteiger partial charge is 0.189 e. The molecular weight excluding hydrogens is 322 g/mol. The average Bonchev–Trinajstić information content (AvgIpc) is 2.61. The number of nitrogens with zero attached hydrogens (tertiary/aromatic N) is 1. The van der Waals surface area contributed by atoms with E-state index in [1.54, 1.807) is 6.26 Å². The number of rotatable bonds is 4. The first-order valence-corrected chi connectivity index (χ1v) is 9.40. The van der Waals surface area contributed by atoms with Crippen LogP contribution in [0.2, 0.25) is 0 Å². The molecule has 2 aromatic carbocycles. The number of nitrogens with two attached hydrogens (primary N) is 1. The van der Waals surface area contributed by atoms with E-state index >= 15 is 0 Å². The first kappa shape index (κ1) is 16.5. The van der Waals surface area contributed by atoms with Gasteiger partial charge in [-0.15, -0.1) is 0 Å². The number of hydrogen-bond acceptors (Lipinski definition) is 3. The summed E-state index contributed by atoms with van der Waals surface area (Å²) >= 11 is 0. The normalized spacial score (nSPS) is 18.4. The Hall–Kier alpha value is -2.34. The summed E-state index contributed by atoms with van der Waals surface area (Å²) in [7, 11) is -0.961. The highest BCUT2D eigenvalue weighted by Gasteiger charge is 2.21. The average molecular weight is 343 g/mol. The number of para-hydroxylation sites is 1. The summed E-state index contributed by atoms with van der Waals surface area (Å²) in [4.78, 5) is 5.22. The van der Waals surface area contributed by atoms with Gasteiger partial charge in [-0.25, -0.2) is 4.99 Å². The molecule has 0 saturated heterocycles. The highest BCUT2D eigenvalue weighted by atomic mass is 32.2. The number of aliphatic imine (C=N–C) groups is 1. The van der Waals surface area contributed by atoms with Crippen LogP contribution in [0.4, 0.5) is 0 Å². The molecular formula is C18H21N3O2S. The summed E-state index contributed by atoms with van der Waals surface area (Å²) in [6, 6.07) is 15.7. The van der Waals surface area contributed by atoms with Crippen LogP contribution in [0.1, 0.15) is 23.6 Å². The van der Waals surface area contributed by atoms with Gasteiger partial charge in [-0.2, -0.15) is 0 Å². The molecule has 1 aliphatic heterocycles. The lowest BCUT2D eigenvalue weighted by molar-refractivity contribution is 0.262. The second-order valence-electron chi connectivity index (χ2n) is 5.67. The number of fused-ring (bicyclic) bond motifs is 1.